The van der Waals surface area contributed by atoms with Crippen LogP contribution in [0.25, 0.3) is 10.9 Å². The van der Waals surface area contributed by atoms with Gasteiger partial charge in [0.1, 0.15) is 6.04 Å². The molecule has 0 spiro atoms. The smallest absolute Gasteiger partial charge is 0.241 e. The van der Waals surface area contributed by atoms with Crippen LogP contribution in [0.3, 0.4) is 0 Å². The summed E-state index contributed by atoms with van der Waals surface area (Å²) in [6, 6.07) is 5.82. The van der Waals surface area contributed by atoms with Crippen molar-refractivity contribution in [1.29, 1.82) is 0 Å². The molecular weight excluding hydrogens is 288 g/mol. The maximum absolute atomic E-state index is 12.5. The third kappa shape index (κ3) is 2.12. The zero-order chi connectivity index (χ0) is 14.4. The molecule has 1 amide bonds. The van der Waals surface area contributed by atoms with Crippen LogP contribution in [-0.4, -0.2) is 34.9 Å². The van der Waals surface area contributed by atoms with Gasteiger partial charge in [0.25, 0.3) is 0 Å². The summed E-state index contributed by atoms with van der Waals surface area (Å²) in [5, 5.41) is 1.87. The number of carbonyl (C=O) groups is 1. The molecule has 0 bridgehead atoms. The van der Waals surface area contributed by atoms with Gasteiger partial charge in [-0.2, -0.15) is 0 Å². The van der Waals surface area contributed by atoms with Gasteiger partial charge in [-0.15, -0.1) is 0 Å². The average Bonchev–Trinajstić information content (AvgIpc) is 3.14. The lowest BCUT2D eigenvalue weighted by Crippen LogP contribution is -2.47. The van der Waals surface area contributed by atoms with Crippen LogP contribution in [0.1, 0.15) is 17.7 Å². The number of fused-ring (bicyclic) bond motifs is 3. The molecule has 1 saturated heterocycles. The monoisotopic (exact) mass is 304 g/mol. The fourth-order valence-electron chi connectivity index (χ4n) is 3.28. The lowest BCUT2D eigenvalue weighted by Gasteiger charge is -2.29. The van der Waals surface area contributed by atoms with Crippen LogP contribution in [-0.2, 0) is 17.8 Å². The van der Waals surface area contributed by atoms with Crippen LogP contribution in [0, 0.1) is 0 Å². The number of nitrogens with one attached hydrogen (secondary N) is 3. The lowest BCUT2D eigenvalue weighted by atomic mass is 10.0. The maximum Gasteiger partial charge on any atom is 0.241 e. The number of aromatic amines is 1. The molecule has 1 unspecified atom stereocenters. The van der Waals surface area contributed by atoms with Crippen molar-refractivity contribution in [3.63, 3.8) is 0 Å². The van der Waals surface area contributed by atoms with Crippen LogP contribution in [0.5, 0.6) is 0 Å². The molecule has 0 saturated carbocycles. The Hall–Kier alpha value is -1.56. The SMILES string of the molecule is O=C(C1CCNN1)N1CCc2[nH]c3c(Cl)cccc3c2C1. The van der Waals surface area contributed by atoms with E-state index in [9.17, 15) is 4.79 Å². The summed E-state index contributed by atoms with van der Waals surface area (Å²) in [6.07, 6.45) is 1.70. The Bertz CT molecular complexity index is 705. The van der Waals surface area contributed by atoms with Crippen molar-refractivity contribution in [3.8, 4) is 0 Å². The van der Waals surface area contributed by atoms with Crippen molar-refractivity contribution in [2.45, 2.75) is 25.4 Å². The van der Waals surface area contributed by atoms with E-state index >= 15 is 0 Å². The Morgan fingerprint density at radius 1 is 1.38 bits per heavy atom. The lowest BCUT2D eigenvalue weighted by molar-refractivity contribution is -0.134. The second-order valence-corrected chi connectivity index (χ2v) is 6.07. The molecule has 2 aromatic rings. The third-order valence-corrected chi connectivity index (χ3v) is 4.72. The van der Waals surface area contributed by atoms with Crippen molar-refractivity contribution >= 4 is 28.4 Å². The molecule has 2 aliphatic heterocycles. The first-order valence-corrected chi connectivity index (χ1v) is 7.67. The first-order chi connectivity index (χ1) is 10.2. The van der Waals surface area contributed by atoms with Crippen LogP contribution >= 0.6 is 11.6 Å². The van der Waals surface area contributed by atoms with Gasteiger partial charge in [-0.25, -0.2) is 5.43 Å². The second kappa shape index (κ2) is 5.02. The number of hydrazine groups is 1. The summed E-state index contributed by atoms with van der Waals surface area (Å²) in [5.41, 5.74) is 9.47. The normalized spacial score (nSPS) is 21.8. The first kappa shape index (κ1) is 13.1. The van der Waals surface area contributed by atoms with Crippen LogP contribution in [0.15, 0.2) is 18.2 Å². The number of nitrogens with zero attached hydrogens (tertiary/aromatic N) is 1. The van der Waals surface area contributed by atoms with Gasteiger partial charge < -0.3 is 9.88 Å². The van der Waals surface area contributed by atoms with Gasteiger partial charge in [0.05, 0.1) is 10.5 Å². The van der Waals surface area contributed by atoms with Crippen LogP contribution < -0.4 is 10.9 Å². The van der Waals surface area contributed by atoms with E-state index in [0.29, 0.717) is 6.54 Å². The number of hydrogen-bond donors (Lipinski definition) is 3. The summed E-state index contributed by atoms with van der Waals surface area (Å²) in [4.78, 5) is 17.9. The molecule has 5 nitrogen and oxygen atoms in total. The molecule has 0 radical (unpaired) electrons. The Kier molecular flexibility index (Phi) is 3.14. The first-order valence-electron chi connectivity index (χ1n) is 7.29. The highest BCUT2D eigenvalue weighted by atomic mass is 35.5. The molecular formula is C15H17ClN4O. The molecule has 3 heterocycles. The molecule has 1 aromatic carbocycles. The number of aromatic nitrogens is 1. The molecule has 21 heavy (non-hydrogen) atoms. The topological polar surface area (TPSA) is 60.2 Å². The Labute approximate surface area is 127 Å². The van der Waals surface area contributed by atoms with Crippen molar-refractivity contribution in [2.75, 3.05) is 13.1 Å². The number of halogens is 1. The molecule has 2 aliphatic rings. The van der Waals surface area contributed by atoms with Gasteiger partial charge in [-0.1, -0.05) is 23.7 Å². The zero-order valence-corrected chi connectivity index (χ0v) is 12.3. The van der Waals surface area contributed by atoms with Crippen molar-refractivity contribution in [3.05, 3.63) is 34.5 Å². The molecule has 4 rings (SSSR count). The molecule has 1 fully saturated rings. The summed E-state index contributed by atoms with van der Waals surface area (Å²) in [6.45, 7) is 2.26. The maximum atomic E-state index is 12.5. The second-order valence-electron chi connectivity index (χ2n) is 5.67. The van der Waals surface area contributed by atoms with Crippen molar-refractivity contribution in [1.82, 2.24) is 20.7 Å². The van der Waals surface area contributed by atoms with E-state index in [1.54, 1.807) is 0 Å². The van der Waals surface area contributed by atoms with E-state index in [-0.39, 0.29) is 11.9 Å². The van der Waals surface area contributed by atoms with Crippen molar-refractivity contribution < 1.29 is 4.79 Å². The van der Waals surface area contributed by atoms with Gasteiger partial charge in [-0.3, -0.25) is 10.2 Å². The molecule has 1 aromatic heterocycles. The van der Waals surface area contributed by atoms with E-state index in [0.717, 1.165) is 41.9 Å². The van der Waals surface area contributed by atoms with E-state index in [4.69, 9.17) is 11.6 Å². The Morgan fingerprint density at radius 3 is 3.10 bits per heavy atom. The molecule has 3 N–H and O–H groups in total. The van der Waals surface area contributed by atoms with Gasteiger partial charge >= 0.3 is 0 Å². The van der Waals surface area contributed by atoms with Gasteiger partial charge in [0.2, 0.25) is 5.91 Å². The highest BCUT2D eigenvalue weighted by Gasteiger charge is 2.30. The van der Waals surface area contributed by atoms with E-state index < -0.39 is 0 Å². The molecule has 110 valence electrons. The summed E-state index contributed by atoms with van der Waals surface area (Å²) < 4.78 is 0. The number of rotatable bonds is 1. The highest BCUT2D eigenvalue weighted by Crippen LogP contribution is 2.31. The minimum absolute atomic E-state index is 0.0969. The Morgan fingerprint density at radius 2 is 2.29 bits per heavy atom. The van der Waals surface area contributed by atoms with E-state index in [2.05, 4.69) is 21.9 Å². The predicted molar refractivity (Wildman–Crippen MR) is 82.0 cm³/mol. The largest absolute Gasteiger partial charge is 0.357 e. The number of H-pyrrole nitrogens is 1. The van der Waals surface area contributed by atoms with E-state index in [1.165, 1.54) is 11.3 Å². The molecule has 6 heteroatoms. The van der Waals surface area contributed by atoms with Gasteiger partial charge in [0.15, 0.2) is 0 Å². The van der Waals surface area contributed by atoms with Crippen molar-refractivity contribution in [2.24, 2.45) is 0 Å². The fraction of sp³-hybridized carbons (Fsp3) is 0.400. The number of benzene rings is 1. The van der Waals surface area contributed by atoms with Crippen LogP contribution in [0.4, 0.5) is 0 Å². The average molecular weight is 305 g/mol. The standard InChI is InChI=1S/C15H17ClN4O/c16-11-3-1-2-9-10-8-20(7-5-12(10)18-14(9)11)15(21)13-4-6-17-19-13/h1-3,13,17-19H,4-8H2. The third-order valence-electron chi connectivity index (χ3n) is 4.40. The summed E-state index contributed by atoms with van der Waals surface area (Å²) in [5.74, 6) is 0.182. The predicted octanol–water partition coefficient (Wildman–Crippen LogP) is 1.57. The minimum Gasteiger partial charge on any atom is -0.357 e. The summed E-state index contributed by atoms with van der Waals surface area (Å²) >= 11 is 6.25. The van der Waals surface area contributed by atoms with Gasteiger partial charge in [-0.05, 0) is 12.5 Å². The summed E-state index contributed by atoms with van der Waals surface area (Å²) in [7, 11) is 0. The van der Waals surface area contributed by atoms with Gasteiger partial charge in [0, 0.05) is 42.7 Å². The number of amides is 1. The fourth-order valence-corrected chi connectivity index (χ4v) is 3.50. The number of carbonyl (C=O) groups excluding carboxylic acids is 1. The quantitative estimate of drug-likeness (QED) is 0.749. The van der Waals surface area contributed by atoms with Crippen LogP contribution in [0.2, 0.25) is 5.02 Å². The molecule has 1 atom stereocenters. The zero-order valence-electron chi connectivity index (χ0n) is 11.6. The number of para-hydroxylation sites is 1. The number of hydrogen-bond acceptors (Lipinski definition) is 3. The minimum atomic E-state index is -0.0969. The highest BCUT2D eigenvalue weighted by molar-refractivity contribution is 6.35. The molecule has 0 aliphatic carbocycles. The van der Waals surface area contributed by atoms with E-state index in [1.807, 2.05) is 17.0 Å². The Balaban J connectivity index is 1.66.